The number of carbonyl (C=O) groups excluding carboxylic acids is 3. The Hall–Kier alpha value is -3.13. The minimum atomic E-state index is -0.442. The third-order valence-electron chi connectivity index (χ3n) is 6.05. The van der Waals surface area contributed by atoms with Crippen LogP contribution in [0.5, 0.6) is 0 Å². The fourth-order valence-electron chi connectivity index (χ4n) is 4.46. The number of ether oxygens (including phenoxy) is 2. The van der Waals surface area contributed by atoms with E-state index in [9.17, 15) is 14.4 Å². The van der Waals surface area contributed by atoms with E-state index in [4.69, 9.17) is 9.47 Å². The van der Waals surface area contributed by atoms with Crippen LogP contribution in [0.15, 0.2) is 36.4 Å². The van der Waals surface area contributed by atoms with Crippen LogP contribution in [0.25, 0.3) is 0 Å². The van der Waals surface area contributed by atoms with Gasteiger partial charge >= 0.3 is 12.0 Å². The predicted octanol–water partition coefficient (Wildman–Crippen LogP) is 3.98. The Kier molecular flexibility index (Phi) is 8.27. The predicted molar refractivity (Wildman–Crippen MR) is 126 cm³/mol. The number of nitrogens with zero attached hydrogens (tertiary/aromatic N) is 2. The van der Waals surface area contributed by atoms with Crippen molar-refractivity contribution < 1.29 is 23.9 Å². The summed E-state index contributed by atoms with van der Waals surface area (Å²) >= 11 is 0. The van der Waals surface area contributed by atoms with E-state index >= 15 is 0 Å². The number of para-hydroxylation sites is 1. The van der Waals surface area contributed by atoms with Crippen LogP contribution >= 0.6 is 0 Å². The number of urea groups is 1. The summed E-state index contributed by atoms with van der Waals surface area (Å²) in [5, 5.41) is 2.84. The highest BCUT2D eigenvalue weighted by Crippen LogP contribution is 2.22. The second-order valence-corrected chi connectivity index (χ2v) is 8.57. The summed E-state index contributed by atoms with van der Waals surface area (Å²) in [4.78, 5) is 39.6. The average Bonchev–Trinajstić information content (AvgIpc) is 3.12. The molecule has 8 nitrogen and oxygen atoms in total. The van der Waals surface area contributed by atoms with Crippen LogP contribution in [-0.2, 0) is 14.3 Å². The molecule has 2 aromatic rings. The number of aryl methyl sites for hydroxylation is 1. The Morgan fingerprint density at radius 3 is 2.61 bits per heavy atom. The first kappa shape index (κ1) is 24.5. The number of esters is 1. The molecular formula is C25H33N3O5. The Balaban J connectivity index is 1.55. The Morgan fingerprint density at radius 1 is 1.18 bits per heavy atom. The third kappa shape index (κ3) is 6.01. The van der Waals surface area contributed by atoms with Gasteiger partial charge in [-0.05, 0) is 51.8 Å². The lowest BCUT2D eigenvalue weighted by Crippen LogP contribution is -2.44. The first-order valence-electron chi connectivity index (χ1n) is 11.3. The number of rotatable bonds is 8. The van der Waals surface area contributed by atoms with Gasteiger partial charge in [0.15, 0.2) is 6.61 Å². The van der Waals surface area contributed by atoms with Crippen molar-refractivity contribution in [1.82, 2.24) is 9.47 Å². The van der Waals surface area contributed by atoms with Gasteiger partial charge in [0.25, 0.3) is 0 Å². The van der Waals surface area contributed by atoms with Crippen molar-refractivity contribution in [3.8, 4) is 0 Å². The molecule has 0 aliphatic carbocycles. The first-order valence-corrected chi connectivity index (χ1v) is 11.3. The molecule has 2 atom stereocenters. The van der Waals surface area contributed by atoms with Crippen LogP contribution in [0.3, 0.4) is 0 Å². The van der Waals surface area contributed by atoms with Crippen LogP contribution in [0.1, 0.15) is 47.6 Å². The molecule has 1 aliphatic rings. The number of amides is 2. The van der Waals surface area contributed by atoms with E-state index in [1.54, 1.807) is 12.0 Å². The number of hydrogen-bond donors (Lipinski definition) is 1. The number of ketones is 1. The van der Waals surface area contributed by atoms with Crippen LogP contribution in [0, 0.1) is 19.8 Å². The number of carbonyl (C=O) groups is 3. The monoisotopic (exact) mass is 455 g/mol. The highest BCUT2D eigenvalue weighted by Gasteiger charge is 2.30. The van der Waals surface area contributed by atoms with Crippen molar-refractivity contribution in [1.29, 1.82) is 0 Å². The zero-order valence-corrected chi connectivity index (χ0v) is 19.8. The standard InChI is InChI=1S/C25H33N3O5/c1-17-13-22(19(3)28(17)18(2)15-32-4)23(29)16-33-24(30)20-9-8-12-27(14-20)25(31)26-21-10-6-5-7-11-21/h5-7,10-11,13,18,20H,8-9,12,14-16H2,1-4H3,(H,26,31). The molecule has 3 rings (SSSR count). The van der Waals surface area contributed by atoms with Crippen molar-refractivity contribution in [2.75, 3.05) is 38.7 Å². The quantitative estimate of drug-likeness (QED) is 0.480. The molecule has 2 heterocycles. The van der Waals surface area contributed by atoms with Gasteiger partial charge in [0.2, 0.25) is 5.78 Å². The van der Waals surface area contributed by atoms with Gasteiger partial charge in [-0.1, -0.05) is 18.2 Å². The molecule has 178 valence electrons. The zero-order chi connectivity index (χ0) is 24.0. The molecule has 8 heteroatoms. The van der Waals surface area contributed by atoms with E-state index in [0.717, 1.165) is 11.4 Å². The molecular weight excluding hydrogens is 422 g/mol. The van der Waals surface area contributed by atoms with Gasteiger partial charge in [-0.2, -0.15) is 0 Å². The summed E-state index contributed by atoms with van der Waals surface area (Å²) in [6, 6.07) is 10.9. The maximum Gasteiger partial charge on any atom is 0.321 e. The maximum absolute atomic E-state index is 12.8. The second-order valence-electron chi connectivity index (χ2n) is 8.57. The minimum Gasteiger partial charge on any atom is -0.457 e. The van der Waals surface area contributed by atoms with Crippen molar-refractivity contribution in [3.63, 3.8) is 0 Å². The van der Waals surface area contributed by atoms with Gasteiger partial charge in [-0.25, -0.2) is 4.79 Å². The van der Waals surface area contributed by atoms with E-state index < -0.39 is 11.9 Å². The summed E-state index contributed by atoms with van der Waals surface area (Å²) < 4.78 is 12.7. The minimum absolute atomic E-state index is 0.0920. The van der Waals surface area contributed by atoms with Crippen LogP contribution in [-0.4, -0.2) is 60.7 Å². The number of Topliss-reactive ketones (excluding diaryl/α,β-unsaturated/α-hetero) is 1. The average molecular weight is 456 g/mol. The summed E-state index contributed by atoms with van der Waals surface area (Å²) in [6.07, 6.45) is 1.33. The molecule has 0 bridgehead atoms. The fraction of sp³-hybridized carbons (Fsp3) is 0.480. The molecule has 1 aromatic heterocycles. The smallest absolute Gasteiger partial charge is 0.321 e. The molecule has 0 radical (unpaired) electrons. The van der Waals surface area contributed by atoms with Gasteiger partial charge < -0.3 is 24.3 Å². The lowest BCUT2D eigenvalue weighted by Gasteiger charge is -2.31. The second kappa shape index (κ2) is 11.1. The lowest BCUT2D eigenvalue weighted by molar-refractivity contribution is -0.148. The first-order chi connectivity index (χ1) is 15.8. The van der Waals surface area contributed by atoms with E-state index in [-0.39, 0.29) is 31.0 Å². The highest BCUT2D eigenvalue weighted by atomic mass is 16.5. The molecule has 1 aliphatic heterocycles. The van der Waals surface area contributed by atoms with Crippen LogP contribution in [0.2, 0.25) is 0 Å². The molecule has 1 fully saturated rings. The Morgan fingerprint density at radius 2 is 1.91 bits per heavy atom. The molecule has 1 saturated heterocycles. The number of methoxy groups -OCH3 is 1. The van der Waals surface area contributed by atoms with Crippen LogP contribution in [0.4, 0.5) is 10.5 Å². The maximum atomic E-state index is 12.8. The summed E-state index contributed by atoms with van der Waals surface area (Å²) in [6.45, 7) is 6.93. The molecule has 1 aromatic carbocycles. The van der Waals surface area contributed by atoms with Gasteiger partial charge in [0.05, 0.1) is 18.6 Å². The number of benzene rings is 1. The Bertz CT molecular complexity index is 985. The zero-order valence-electron chi connectivity index (χ0n) is 19.8. The van der Waals surface area contributed by atoms with Crippen LogP contribution < -0.4 is 5.32 Å². The number of anilines is 1. The van der Waals surface area contributed by atoms with E-state index in [1.807, 2.05) is 57.2 Å². The van der Waals surface area contributed by atoms with Crippen molar-refractivity contribution >= 4 is 23.5 Å². The van der Waals surface area contributed by atoms with Crippen molar-refractivity contribution in [3.05, 3.63) is 53.3 Å². The van der Waals surface area contributed by atoms with Gasteiger partial charge in [-0.15, -0.1) is 0 Å². The normalized spacial score (nSPS) is 16.8. The lowest BCUT2D eigenvalue weighted by atomic mass is 9.98. The third-order valence-corrected chi connectivity index (χ3v) is 6.05. The summed E-state index contributed by atoms with van der Waals surface area (Å²) in [5.41, 5.74) is 3.05. The van der Waals surface area contributed by atoms with E-state index in [0.29, 0.717) is 37.2 Å². The number of aromatic nitrogens is 1. The summed E-state index contributed by atoms with van der Waals surface area (Å²) in [5.74, 6) is -1.12. The largest absolute Gasteiger partial charge is 0.457 e. The number of nitrogens with one attached hydrogen (secondary N) is 1. The molecule has 2 unspecified atom stereocenters. The van der Waals surface area contributed by atoms with Crippen molar-refractivity contribution in [2.45, 2.75) is 39.7 Å². The molecule has 0 saturated carbocycles. The van der Waals surface area contributed by atoms with E-state index in [2.05, 4.69) is 9.88 Å². The SMILES string of the molecule is COCC(C)n1c(C)cc(C(=O)COC(=O)C2CCCN(C(=O)Nc3ccccc3)C2)c1C. The Labute approximate surface area is 194 Å². The summed E-state index contributed by atoms with van der Waals surface area (Å²) in [7, 11) is 1.65. The van der Waals surface area contributed by atoms with E-state index in [1.165, 1.54) is 0 Å². The molecule has 33 heavy (non-hydrogen) atoms. The number of hydrogen-bond acceptors (Lipinski definition) is 5. The molecule has 1 N–H and O–H groups in total. The molecule has 2 amide bonds. The van der Waals surface area contributed by atoms with Gasteiger partial charge in [0.1, 0.15) is 0 Å². The molecule has 0 spiro atoms. The fourth-order valence-corrected chi connectivity index (χ4v) is 4.46. The topological polar surface area (TPSA) is 89.9 Å². The van der Waals surface area contributed by atoms with Crippen molar-refractivity contribution in [2.24, 2.45) is 5.92 Å². The number of likely N-dealkylation sites (tertiary alicyclic amines) is 1. The number of piperidine rings is 1. The van der Waals surface area contributed by atoms with Gasteiger partial charge in [0, 0.05) is 42.8 Å². The highest BCUT2D eigenvalue weighted by molar-refractivity contribution is 5.99. The van der Waals surface area contributed by atoms with Gasteiger partial charge in [-0.3, -0.25) is 9.59 Å².